The standard InChI is InChI=1S/C16H21N5O4/c1-2-3-10-24-12-6-4-11(5-7-12)15(22)18-8-9-19-16(23)13-14(17)21-25-20-13/h4-7H,2-3,8-10H2,1H3,(H2,17,21)(H,18,22)(H,19,23). The highest BCUT2D eigenvalue weighted by Crippen LogP contribution is 2.12. The molecule has 0 spiro atoms. The number of ether oxygens (including phenoxy) is 1. The van der Waals surface area contributed by atoms with E-state index in [1.807, 2.05) is 0 Å². The molecule has 134 valence electrons. The first-order valence-corrected chi connectivity index (χ1v) is 7.99. The highest BCUT2D eigenvalue weighted by molar-refractivity contribution is 5.96. The zero-order valence-corrected chi connectivity index (χ0v) is 13.9. The van der Waals surface area contributed by atoms with Crippen molar-refractivity contribution in [3.05, 3.63) is 35.5 Å². The van der Waals surface area contributed by atoms with Crippen LogP contribution in [0.4, 0.5) is 5.82 Å². The lowest BCUT2D eigenvalue weighted by molar-refractivity contribution is 0.0922. The van der Waals surface area contributed by atoms with E-state index < -0.39 is 5.91 Å². The fourth-order valence-electron chi connectivity index (χ4n) is 1.93. The van der Waals surface area contributed by atoms with Crippen molar-refractivity contribution >= 4 is 17.6 Å². The minimum absolute atomic E-state index is 0.0787. The van der Waals surface area contributed by atoms with E-state index in [2.05, 4.69) is 32.5 Å². The van der Waals surface area contributed by atoms with Crippen molar-refractivity contribution in [3.63, 3.8) is 0 Å². The van der Waals surface area contributed by atoms with E-state index in [-0.39, 0.29) is 30.5 Å². The van der Waals surface area contributed by atoms with Gasteiger partial charge in [-0.05, 0) is 41.0 Å². The van der Waals surface area contributed by atoms with E-state index in [9.17, 15) is 9.59 Å². The normalized spacial score (nSPS) is 10.3. The first-order valence-electron chi connectivity index (χ1n) is 7.99. The second kappa shape index (κ2) is 9.26. The smallest absolute Gasteiger partial charge is 0.277 e. The summed E-state index contributed by atoms with van der Waals surface area (Å²) in [7, 11) is 0. The number of carbonyl (C=O) groups excluding carboxylic acids is 2. The van der Waals surface area contributed by atoms with Crippen molar-refractivity contribution in [1.29, 1.82) is 0 Å². The summed E-state index contributed by atoms with van der Waals surface area (Å²) < 4.78 is 9.89. The number of nitrogen functional groups attached to an aromatic ring is 1. The van der Waals surface area contributed by atoms with Crippen LogP contribution < -0.4 is 21.1 Å². The molecule has 0 saturated heterocycles. The molecule has 1 heterocycles. The SMILES string of the molecule is CCCCOc1ccc(C(=O)NCCNC(=O)c2nonc2N)cc1. The molecular formula is C16H21N5O4. The summed E-state index contributed by atoms with van der Waals surface area (Å²) >= 11 is 0. The summed E-state index contributed by atoms with van der Waals surface area (Å²) in [6.07, 6.45) is 2.06. The van der Waals surface area contributed by atoms with Crippen LogP contribution in [0.15, 0.2) is 28.9 Å². The average Bonchev–Trinajstić information content (AvgIpc) is 3.05. The summed E-state index contributed by atoms with van der Waals surface area (Å²) in [5.74, 6) is -0.0996. The molecule has 0 atom stereocenters. The van der Waals surface area contributed by atoms with E-state index >= 15 is 0 Å². The Morgan fingerprint density at radius 2 is 1.80 bits per heavy atom. The molecule has 0 aliphatic rings. The van der Waals surface area contributed by atoms with Crippen LogP contribution in [-0.4, -0.2) is 41.8 Å². The molecule has 2 amide bonds. The Balaban J connectivity index is 1.71. The van der Waals surface area contributed by atoms with E-state index in [1.165, 1.54) is 0 Å². The van der Waals surface area contributed by atoms with Crippen LogP contribution in [0.5, 0.6) is 5.75 Å². The zero-order chi connectivity index (χ0) is 18.1. The second-order valence-electron chi connectivity index (χ2n) is 5.24. The van der Waals surface area contributed by atoms with Gasteiger partial charge in [0.1, 0.15) is 5.75 Å². The van der Waals surface area contributed by atoms with E-state index in [1.54, 1.807) is 24.3 Å². The fraction of sp³-hybridized carbons (Fsp3) is 0.375. The van der Waals surface area contributed by atoms with Crippen LogP contribution in [0.3, 0.4) is 0 Å². The lowest BCUT2D eigenvalue weighted by Crippen LogP contribution is -2.35. The lowest BCUT2D eigenvalue weighted by Gasteiger charge is -2.08. The van der Waals surface area contributed by atoms with Crippen LogP contribution in [0.1, 0.15) is 40.6 Å². The van der Waals surface area contributed by atoms with Crippen molar-refractivity contribution in [2.45, 2.75) is 19.8 Å². The molecule has 1 aromatic heterocycles. The van der Waals surface area contributed by atoms with Crippen LogP contribution in [0.2, 0.25) is 0 Å². The van der Waals surface area contributed by atoms with Gasteiger partial charge in [-0.25, -0.2) is 4.63 Å². The number of carbonyl (C=O) groups is 2. The van der Waals surface area contributed by atoms with Gasteiger partial charge >= 0.3 is 0 Å². The van der Waals surface area contributed by atoms with Gasteiger partial charge in [0.05, 0.1) is 6.61 Å². The molecule has 4 N–H and O–H groups in total. The molecule has 0 aliphatic carbocycles. The Morgan fingerprint density at radius 1 is 1.12 bits per heavy atom. The van der Waals surface area contributed by atoms with Crippen molar-refractivity contribution in [2.75, 3.05) is 25.4 Å². The molecule has 0 fully saturated rings. The molecule has 0 aliphatic heterocycles. The summed E-state index contributed by atoms with van der Waals surface area (Å²) in [4.78, 5) is 23.7. The molecule has 25 heavy (non-hydrogen) atoms. The number of nitrogens with zero attached hydrogens (tertiary/aromatic N) is 2. The molecule has 9 heteroatoms. The molecule has 0 bridgehead atoms. The first-order chi connectivity index (χ1) is 12.1. The van der Waals surface area contributed by atoms with Gasteiger partial charge in [-0.2, -0.15) is 0 Å². The maximum atomic E-state index is 12.0. The number of nitrogens with two attached hydrogens (primary N) is 1. The minimum Gasteiger partial charge on any atom is -0.494 e. The third kappa shape index (κ3) is 5.48. The van der Waals surface area contributed by atoms with E-state index in [0.717, 1.165) is 18.6 Å². The third-order valence-corrected chi connectivity index (χ3v) is 3.31. The van der Waals surface area contributed by atoms with Crippen molar-refractivity contribution in [3.8, 4) is 5.75 Å². The zero-order valence-electron chi connectivity index (χ0n) is 13.9. The van der Waals surface area contributed by atoms with Crippen molar-refractivity contribution in [2.24, 2.45) is 0 Å². The Bertz CT molecular complexity index is 699. The number of hydrogen-bond donors (Lipinski definition) is 3. The van der Waals surface area contributed by atoms with E-state index in [0.29, 0.717) is 12.2 Å². The number of hydrogen-bond acceptors (Lipinski definition) is 7. The van der Waals surface area contributed by atoms with Gasteiger partial charge in [0, 0.05) is 18.7 Å². The van der Waals surface area contributed by atoms with Crippen LogP contribution in [-0.2, 0) is 0 Å². The van der Waals surface area contributed by atoms with Gasteiger partial charge in [0.15, 0.2) is 0 Å². The van der Waals surface area contributed by atoms with E-state index in [4.69, 9.17) is 10.5 Å². The van der Waals surface area contributed by atoms with Gasteiger partial charge in [-0.1, -0.05) is 13.3 Å². The Morgan fingerprint density at radius 3 is 2.40 bits per heavy atom. The average molecular weight is 347 g/mol. The first kappa shape index (κ1) is 18.2. The second-order valence-corrected chi connectivity index (χ2v) is 5.24. The molecule has 1 aromatic carbocycles. The highest BCUT2D eigenvalue weighted by atomic mass is 16.6. The van der Waals surface area contributed by atoms with Gasteiger partial charge < -0.3 is 21.1 Å². The van der Waals surface area contributed by atoms with Gasteiger partial charge in [0.25, 0.3) is 11.8 Å². The lowest BCUT2D eigenvalue weighted by atomic mass is 10.2. The number of rotatable bonds is 9. The number of benzene rings is 1. The maximum absolute atomic E-state index is 12.0. The Hall–Kier alpha value is -3.10. The third-order valence-electron chi connectivity index (χ3n) is 3.31. The molecule has 0 radical (unpaired) electrons. The number of amides is 2. The van der Waals surface area contributed by atoms with Crippen molar-refractivity contribution in [1.82, 2.24) is 20.9 Å². The molecule has 2 aromatic rings. The maximum Gasteiger partial charge on any atom is 0.277 e. The summed E-state index contributed by atoms with van der Waals surface area (Å²) in [5, 5.41) is 12.0. The monoisotopic (exact) mass is 347 g/mol. The predicted octanol–water partition coefficient (Wildman–Crippen LogP) is 0.991. The number of nitrogens with one attached hydrogen (secondary N) is 2. The molecule has 9 nitrogen and oxygen atoms in total. The molecule has 0 unspecified atom stereocenters. The molecule has 0 saturated carbocycles. The molecular weight excluding hydrogens is 326 g/mol. The number of unbranched alkanes of at least 4 members (excludes halogenated alkanes) is 1. The van der Waals surface area contributed by atoms with Gasteiger partial charge in [-0.3, -0.25) is 9.59 Å². The largest absolute Gasteiger partial charge is 0.494 e. The van der Waals surface area contributed by atoms with Crippen LogP contribution >= 0.6 is 0 Å². The van der Waals surface area contributed by atoms with Crippen LogP contribution in [0.25, 0.3) is 0 Å². The minimum atomic E-state index is -0.512. The summed E-state index contributed by atoms with van der Waals surface area (Å²) in [6, 6.07) is 6.90. The van der Waals surface area contributed by atoms with Crippen molar-refractivity contribution < 1.29 is 19.0 Å². The van der Waals surface area contributed by atoms with Gasteiger partial charge in [-0.15, -0.1) is 0 Å². The quantitative estimate of drug-likeness (QED) is 0.576. The Labute approximate surface area is 144 Å². The fourth-order valence-corrected chi connectivity index (χ4v) is 1.93. The highest BCUT2D eigenvalue weighted by Gasteiger charge is 2.15. The Kier molecular flexibility index (Phi) is 6.76. The van der Waals surface area contributed by atoms with Crippen LogP contribution in [0, 0.1) is 0 Å². The predicted molar refractivity (Wildman–Crippen MR) is 90.2 cm³/mol. The molecule has 2 rings (SSSR count). The number of anilines is 1. The topological polar surface area (TPSA) is 132 Å². The van der Waals surface area contributed by atoms with Gasteiger partial charge in [0.2, 0.25) is 11.5 Å². The summed E-state index contributed by atoms with van der Waals surface area (Å²) in [6.45, 7) is 3.23. The number of aromatic nitrogens is 2. The summed E-state index contributed by atoms with van der Waals surface area (Å²) in [5.41, 5.74) is 5.85.